The van der Waals surface area contributed by atoms with E-state index in [-0.39, 0.29) is 17.8 Å². The fraction of sp³-hybridized carbons (Fsp3) is 0.867. The van der Waals surface area contributed by atoms with Crippen LogP contribution >= 0.6 is 11.8 Å². The Labute approximate surface area is 126 Å². The third-order valence-electron chi connectivity index (χ3n) is 4.12. The van der Waals surface area contributed by atoms with E-state index in [1.807, 2.05) is 18.9 Å². The molecule has 1 amide bonds. The summed E-state index contributed by atoms with van der Waals surface area (Å²) >= 11 is 1.51. The molecule has 1 saturated carbocycles. The fourth-order valence-corrected chi connectivity index (χ4v) is 3.51. The molecule has 20 heavy (non-hydrogen) atoms. The Bertz CT molecular complexity index is 327. The predicted molar refractivity (Wildman–Crippen MR) is 82.7 cm³/mol. The Hall–Kier alpha value is -0.710. The summed E-state index contributed by atoms with van der Waals surface area (Å²) in [6.07, 6.45) is 4.67. The molecule has 5 heteroatoms. The smallest absolute Gasteiger partial charge is 0.309 e. The number of methoxy groups -OCH3 is 1. The summed E-state index contributed by atoms with van der Waals surface area (Å²) in [5, 5.41) is 0. The zero-order valence-electron chi connectivity index (χ0n) is 13.1. The highest BCUT2D eigenvalue weighted by Gasteiger charge is 2.24. The van der Waals surface area contributed by atoms with E-state index >= 15 is 0 Å². The van der Waals surface area contributed by atoms with Crippen LogP contribution < -0.4 is 0 Å². The number of hydrogen-bond acceptors (Lipinski definition) is 4. The van der Waals surface area contributed by atoms with Gasteiger partial charge in [-0.2, -0.15) is 11.8 Å². The summed E-state index contributed by atoms with van der Waals surface area (Å²) in [6.45, 7) is 4.11. The van der Waals surface area contributed by atoms with Gasteiger partial charge in [-0.1, -0.05) is 13.8 Å². The largest absolute Gasteiger partial charge is 0.469 e. The van der Waals surface area contributed by atoms with Gasteiger partial charge >= 0.3 is 5.97 Å². The molecule has 1 aliphatic rings. The average molecular weight is 301 g/mol. The Morgan fingerprint density at radius 2 is 1.90 bits per heavy atom. The molecule has 1 rings (SSSR count). The molecule has 1 fully saturated rings. The topological polar surface area (TPSA) is 46.6 Å². The standard InChI is InChI=1S/C15H27NO3S/c1-11-5-7-13(8-6-11)16(3)14(17)10-20-9-12(2)15(18)19-4/h11-13H,5-10H2,1-4H3. The van der Waals surface area contributed by atoms with Crippen LogP contribution in [0.5, 0.6) is 0 Å². The summed E-state index contributed by atoms with van der Waals surface area (Å²) in [4.78, 5) is 25.3. The van der Waals surface area contributed by atoms with Crippen LogP contribution in [-0.4, -0.2) is 48.5 Å². The monoisotopic (exact) mass is 301 g/mol. The van der Waals surface area contributed by atoms with Gasteiger partial charge in [-0.25, -0.2) is 0 Å². The van der Waals surface area contributed by atoms with Crippen molar-refractivity contribution in [3.63, 3.8) is 0 Å². The van der Waals surface area contributed by atoms with Crippen molar-refractivity contribution in [2.24, 2.45) is 11.8 Å². The zero-order chi connectivity index (χ0) is 15.1. The Balaban J connectivity index is 2.26. The van der Waals surface area contributed by atoms with E-state index in [1.165, 1.54) is 31.7 Å². The Morgan fingerprint density at radius 1 is 1.30 bits per heavy atom. The SMILES string of the molecule is COC(=O)C(C)CSCC(=O)N(C)C1CCC(C)CC1. The minimum atomic E-state index is -0.209. The lowest BCUT2D eigenvalue weighted by atomic mass is 9.87. The number of esters is 1. The molecule has 0 heterocycles. The van der Waals surface area contributed by atoms with Crippen molar-refractivity contribution < 1.29 is 14.3 Å². The number of ether oxygens (including phenoxy) is 1. The summed E-state index contributed by atoms with van der Waals surface area (Å²) < 4.78 is 4.67. The number of carbonyl (C=O) groups excluding carboxylic acids is 2. The maximum atomic E-state index is 12.1. The third kappa shape index (κ3) is 5.35. The molecule has 1 aliphatic carbocycles. The molecule has 0 aliphatic heterocycles. The number of amides is 1. The van der Waals surface area contributed by atoms with E-state index < -0.39 is 0 Å². The second-order valence-electron chi connectivity index (χ2n) is 5.86. The van der Waals surface area contributed by atoms with Gasteiger partial charge in [-0.05, 0) is 31.6 Å². The number of carbonyl (C=O) groups is 2. The van der Waals surface area contributed by atoms with Gasteiger partial charge in [0.05, 0.1) is 18.8 Å². The van der Waals surface area contributed by atoms with E-state index in [0.29, 0.717) is 17.5 Å². The van der Waals surface area contributed by atoms with Gasteiger partial charge in [0.15, 0.2) is 0 Å². The molecule has 4 nitrogen and oxygen atoms in total. The van der Waals surface area contributed by atoms with Gasteiger partial charge < -0.3 is 9.64 Å². The molecule has 0 bridgehead atoms. The van der Waals surface area contributed by atoms with Gasteiger partial charge in [-0.3, -0.25) is 9.59 Å². The van der Waals surface area contributed by atoms with Crippen molar-refractivity contribution in [1.29, 1.82) is 0 Å². The highest BCUT2D eigenvalue weighted by molar-refractivity contribution is 7.99. The molecule has 0 spiro atoms. The first kappa shape index (κ1) is 17.3. The van der Waals surface area contributed by atoms with Crippen LogP contribution in [-0.2, 0) is 14.3 Å². The first-order valence-electron chi connectivity index (χ1n) is 7.37. The van der Waals surface area contributed by atoms with E-state index in [1.54, 1.807) is 0 Å². The van der Waals surface area contributed by atoms with Crippen molar-refractivity contribution in [2.45, 2.75) is 45.6 Å². The molecule has 0 N–H and O–H groups in total. The Morgan fingerprint density at radius 3 is 2.45 bits per heavy atom. The van der Waals surface area contributed by atoms with Crippen LogP contribution in [0.3, 0.4) is 0 Å². The minimum Gasteiger partial charge on any atom is -0.469 e. The first-order chi connectivity index (χ1) is 9.45. The van der Waals surface area contributed by atoms with Gasteiger partial charge in [0.1, 0.15) is 0 Å². The predicted octanol–water partition coefficient (Wildman–Crippen LogP) is 2.57. The molecule has 116 valence electrons. The van der Waals surface area contributed by atoms with Gasteiger partial charge in [0.25, 0.3) is 0 Å². The normalized spacial score (nSPS) is 24.0. The lowest BCUT2D eigenvalue weighted by Gasteiger charge is -2.33. The summed E-state index contributed by atoms with van der Waals surface area (Å²) in [5.74, 6) is 1.69. The lowest BCUT2D eigenvalue weighted by molar-refractivity contribution is -0.144. The fourth-order valence-electron chi connectivity index (χ4n) is 2.53. The molecule has 0 radical (unpaired) electrons. The first-order valence-corrected chi connectivity index (χ1v) is 8.52. The van der Waals surface area contributed by atoms with Gasteiger partial charge in [-0.15, -0.1) is 0 Å². The second kappa shape index (κ2) is 8.55. The number of hydrogen-bond donors (Lipinski definition) is 0. The van der Waals surface area contributed by atoms with E-state index in [9.17, 15) is 9.59 Å². The van der Waals surface area contributed by atoms with Crippen LogP contribution in [0, 0.1) is 11.8 Å². The van der Waals surface area contributed by atoms with Crippen molar-refractivity contribution in [1.82, 2.24) is 4.90 Å². The van der Waals surface area contributed by atoms with Crippen LogP contribution in [0.2, 0.25) is 0 Å². The van der Waals surface area contributed by atoms with Crippen molar-refractivity contribution in [3.8, 4) is 0 Å². The third-order valence-corrected chi connectivity index (χ3v) is 5.31. The molecule has 0 aromatic rings. The van der Waals surface area contributed by atoms with Gasteiger partial charge in [0.2, 0.25) is 5.91 Å². The number of thioether (sulfide) groups is 1. The highest BCUT2D eigenvalue weighted by atomic mass is 32.2. The van der Waals surface area contributed by atoms with E-state index in [4.69, 9.17) is 0 Å². The van der Waals surface area contributed by atoms with Crippen LogP contribution in [0.15, 0.2) is 0 Å². The molecule has 1 unspecified atom stereocenters. The average Bonchev–Trinajstić information content (AvgIpc) is 2.46. The van der Waals surface area contributed by atoms with Crippen LogP contribution in [0.4, 0.5) is 0 Å². The van der Waals surface area contributed by atoms with Crippen molar-refractivity contribution in [3.05, 3.63) is 0 Å². The quantitative estimate of drug-likeness (QED) is 0.707. The second-order valence-corrected chi connectivity index (χ2v) is 6.89. The number of nitrogens with zero attached hydrogens (tertiary/aromatic N) is 1. The zero-order valence-corrected chi connectivity index (χ0v) is 13.9. The number of rotatable bonds is 6. The lowest BCUT2D eigenvalue weighted by Crippen LogP contribution is -2.40. The Kier molecular flexibility index (Phi) is 7.41. The van der Waals surface area contributed by atoms with E-state index in [2.05, 4.69) is 11.7 Å². The molecular formula is C15H27NO3S. The molecule has 0 saturated heterocycles. The van der Waals surface area contributed by atoms with Crippen molar-refractivity contribution in [2.75, 3.05) is 25.7 Å². The molecule has 1 atom stereocenters. The summed E-state index contributed by atoms with van der Waals surface area (Å²) in [7, 11) is 3.31. The van der Waals surface area contributed by atoms with Crippen molar-refractivity contribution >= 4 is 23.6 Å². The molecule has 0 aromatic carbocycles. The van der Waals surface area contributed by atoms with Gasteiger partial charge in [0, 0.05) is 18.8 Å². The minimum absolute atomic E-state index is 0.154. The maximum Gasteiger partial charge on any atom is 0.309 e. The maximum absolute atomic E-state index is 12.1. The van der Waals surface area contributed by atoms with E-state index in [0.717, 1.165) is 18.8 Å². The summed E-state index contributed by atoms with van der Waals surface area (Å²) in [6, 6.07) is 0.400. The molecule has 0 aromatic heterocycles. The highest BCUT2D eigenvalue weighted by Crippen LogP contribution is 2.26. The summed E-state index contributed by atoms with van der Waals surface area (Å²) in [5.41, 5.74) is 0. The van der Waals surface area contributed by atoms with Crippen LogP contribution in [0.25, 0.3) is 0 Å². The molecular weight excluding hydrogens is 274 g/mol. The van der Waals surface area contributed by atoms with Crippen LogP contribution in [0.1, 0.15) is 39.5 Å².